The van der Waals surface area contributed by atoms with Crippen molar-refractivity contribution in [3.63, 3.8) is 0 Å². The van der Waals surface area contributed by atoms with Gasteiger partial charge >= 0.3 is 0 Å². The van der Waals surface area contributed by atoms with Gasteiger partial charge in [-0.25, -0.2) is 0 Å². The van der Waals surface area contributed by atoms with E-state index in [0.29, 0.717) is 6.10 Å². The van der Waals surface area contributed by atoms with E-state index in [0.717, 1.165) is 38.1 Å². The fraction of sp³-hybridized carbons (Fsp3) is 1.00. The zero-order valence-corrected chi connectivity index (χ0v) is 12.2. The molecule has 1 heterocycles. The molecule has 0 bridgehead atoms. The molecule has 3 heteroatoms. The summed E-state index contributed by atoms with van der Waals surface area (Å²) in [5, 5.41) is 3.49. The second-order valence-corrected chi connectivity index (χ2v) is 6.32. The molecule has 0 aromatic carbocycles. The van der Waals surface area contributed by atoms with Gasteiger partial charge in [0.1, 0.15) is 6.10 Å². The van der Waals surface area contributed by atoms with Crippen molar-refractivity contribution in [2.45, 2.75) is 58.2 Å². The minimum absolute atomic E-state index is 0.0792. The average molecular weight is 255 g/mol. The van der Waals surface area contributed by atoms with E-state index in [1.807, 2.05) is 0 Å². The van der Waals surface area contributed by atoms with Crippen LogP contribution >= 0.6 is 0 Å². The fourth-order valence-electron chi connectivity index (χ4n) is 3.16. The van der Waals surface area contributed by atoms with Gasteiger partial charge in [-0.05, 0) is 44.1 Å². The molecule has 2 fully saturated rings. The first-order chi connectivity index (χ1) is 8.65. The Hall–Kier alpha value is -0.120. The average Bonchev–Trinajstić information content (AvgIpc) is 2.32. The van der Waals surface area contributed by atoms with Crippen molar-refractivity contribution >= 4 is 0 Å². The third-order valence-corrected chi connectivity index (χ3v) is 4.61. The first kappa shape index (κ1) is 14.3. The molecule has 3 nitrogen and oxygen atoms in total. The molecule has 0 radical (unpaired) electrons. The van der Waals surface area contributed by atoms with Crippen LogP contribution in [0.5, 0.6) is 0 Å². The molecule has 1 aliphatic heterocycles. The maximum absolute atomic E-state index is 6.36. The zero-order valence-electron chi connectivity index (χ0n) is 12.2. The highest BCUT2D eigenvalue weighted by atomic mass is 16.6. The van der Waals surface area contributed by atoms with Crippen LogP contribution in [0.15, 0.2) is 0 Å². The topological polar surface area (TPSA) is 30.5 Å². The van der Waals surface area contributed by atoms with Crippen LogP contribution < -0.4 is 5.32 Å². The number of rotatable bonds is 6. The summed E-state index contributed by atoms with van der Waals surface area (Å²) < 4.78 is 11.6. The maximum atomic E-state index is 6.36. The van der Waals surface area contributed by atoms with E-state index < -0.39 is 0 Å². The van der Waals surface area contributed by atoms with E-state index in [4.69, 9.17) is 9.47 Å². The van der Waals surface area contributed by atoms with Gasteiger partial charge in [0.25, 0.3) is 0 Å². The van der Waals surface area contributed by atoms with E-state index >= 15 is 0 Å². The highest BCUT2D eigenvalue weighted by Gasteiger charge is 2.39. The summed E-state index contributed by atoms with van der Waals surface area (Å²) in [6.45, 7) is 10.5. The summed E-state index contributed by atoms with van der Waals surface area (Å²) in [4.78, 5) is 0. The van der Waals surface area contributed by atoms with Crippen LogP contribution in [0.4, 0.5) is 0 Å². The van der Waals surface area contributed by atoms with Crippen molar-refractivity contribution in [2.24, 2.45) is 11.8 Å². The third kappa shape index (κ3) is 3.46. The molecule has 0 atom stereocenters. The standard InChI is InChI=1S/C15H29NO2/c1-4-16-11-15(18-14-9-17-10-14)7-5-13(6-8-15)12(2)3/h12-14,16H,4-11H2,1-3H3. The molecule has 0 aromatic rings. The van der Waals surface area contributed by atoms with Crippen molar-refractivity contribution in [1.29, 1.82) is 0 Å². The summed E-state index contributed by atoms with van der Waals surface area (Å²) in [5.74, 6) is 1.70. The summed E-state index contributed by atoms with van der Waals surface area (Å²) in [6, 6.07) is 0. The van der Waals surface area contributed by atoms with E-state index in [9.17, 15) is 0 Å². The molecule has 0 unspecified atom stereocenters. The molecule has 0 amide bonds. The largest absolute Gasteiger partial charge is 0.376 e. The Morgan fingerprint density at radius 2 is 1.94 bits per heavy atom. The lowest BCUT2D eigenvalue weighted by atomic mass is 9.74. The molecule has 0 aromatic heterocycles. The van der Waals surface area contributed by atoms with Crippen LogP contribution in [0.25, 0.3) is 0 Å². The molecule has 2 aliphatic rings. The first-order valence-electron chi connectivity index (χ1n) is 7.61. The number of hydrogen-bond acceptors (Lipinski definition) is 3. The first-order valence-corrected chi connectivity index (χ1v) is 7.61. The molecule has 1 saturated heterocycles. The summed E-state index contributed by atoms with van der Waals surface area (Å²) in [6.07, 6.45) is 5.39. The third-order valence-electron chi connectivity index (χ3n) is 4.61. The Labute approximate surface area is 112 Å². The van der Waals surface area contributed by atoms with Gasteiger partial charge in [0.05, 0.1) is 18.8 Å². The number of nitrogens with one attached hydrogen (secondary N) is 1. The highest BCUT2D eigenvalue weighted by molar-refractivity contribution is 4.91. The Kier molecular flexibility index (Phi) is 5.05. The van der Waals surface area contributed by atoms with Gasteiger partial charge in [0.2, 0.25) is 0 Å². The van der Waals surface area contributed by atoms with Crippen LogP contribution in [-0.4, -0.2) is 38.0 Å². The zero-order chi connectivity index (χ0) is 13.0. The van der Waals surface area contributed by atoms with Gasteiger partial charge in [-0.2, -0.15) is 0 Å². The molecule has 0 spiro atoms. The lowest BCUT2D eigenvalue weighted by molar-refractivity contribution is -0.203. The van der Waals surface area contributed by atoms with E-state index in [-0.39, 0.29) is 5.60 Å². The van der Waals surface area contributed by atoms with Gasteiger partial charge in [-0.15, -0.1) is 0 Å². The highest BCUT2D eigenvalue weighted by Crippen LogP contribution is 2.39. The predicted molar refractivity (Wildman–Crippen MR) is 73.8 cm³/mol. The van der Waals surface area contributed by atoms with Gasteiger partial charge in [-0.3, -0.25) is 0 Å². The quantitative estimate of drug-likeness (QED) is 0.791. The van der Waals surface area contributed by atoms with Gasteiger partial charge in [0, 0.05) is 6.54 Å². The second kappa shape index (κ2) is 6.36. The van der Waals surface area contributed by atoms with Crippen LogP contribution in [-0.2, 0) is 9.47 Å². The van der Waals surface area contributed by atoms with Gasteiger partial charge in [0.15, 0.2) is 0 Å². The Morgan fingerprint density at radius 1 is 1.28 bits per heavy atom. The van der Waals surface area contributed by atoms with Crippen molar-refractivity contribution in [1.82, 2.24) is 5.32 Å². The molecule has 2 rings (SSSR count). The molecule has 106 valence electrons. The smallest absolute Gasteiger partial charge is 0.105 e. The molecule has 1 saturated carbocycles. The summed E-state index contributed by atoms with van der Waals surface area (Å²) >= 11 is 0. The predicted octanol–water partition coefficient (Wildman–Crippen LogP) is 2.60. The minimum atomic E-state index is 0.0792. The van der Waals surface area contributed by atoms with E-state index in [1.54, 1.807) is 0 Å². The summed E-state index contributed by atoms with van der Waals surface area (Å²) in [7, 11) is 0. The SMILES string of the molecule is CCNCC1(OC2COC2)CCC(C(C)C)CC1. The molecule has 1 aliphatic carbocycles. The van der Waals surface area contributed by atoms with Crippen LogP contribution in [0.3, 0.4) is 0 Å². The van der Waals surface area contributed by atoms with Crippen molar-refractivity contribution in [2.75, 3.05) is 26.3 Å². The lowest BCUT2D eigenvalue weighted by Crippen LogP contribution is -2.52. The number of ether oxygens (including phenoxy) is 2. The van der Waals surface area contributed by atoms with Gasteiger partial charge < -0.3 is 14.8 Å². The van der Waals surface area contributed by atoms with Crippen LogP contribution in [0.2, 0.25) is 0 Å². The molecule has 1 N–H and O–H groups in total. The summed E-state index contributed by atoms with van der Waals surface area (Å²) in [5.41, 5.74) is 0.0792. The van der Waals surface area contributed by atoms with Crippen molar-refractivity contribution in [3.05, 3.63) is 0 Å². The Balaban J connectivity index is 1.89. The molecular weight excluding hydrogens is 226 g/mol. The van der Waals surface area contributed by atoms with Crippen LogP contribution in [0, 0.1) is 11.8 Å². The molecular formula is C15H29NO2. The second-order valence-electron chi connectivity index (χ2n) is 6.32. The van der Waals surface area contributed by atoms with Gasteiger partial charge in [-0.1, -0.05) is 20.8 Å². The number of likely N-dealkylation sites (N-methyl/N-ethyl adjacent to an activating group) is 1. The number of hydrogen-bond donors (Lipinski definition) is 1. The minimum Gasteiger partial charge on any atom is -0.376 e. The maximum Gasteiger partial charge on any atom is 0.105 e. The Bertz CT molecular complexity index is 243. The monoisotopic (exact) mass is 255 g/mol. The van der Waals surface area contributed by atoms with Crippen molar-refractivity contribution in [3.8, 4) is 0 Å². The lowest BCUT2D eigenvalue weighted by Gasteiger charge is -2.45. The normalized spacial score (nSPS) is 33.7. The Morgan fingerprint density at radius 3 is 2.39 bits per heavy atom. The van der Waals surface area contributed by atoms with E-state index in [2.05, 4.69) is 26.1 Å². The van der Waals surface area contributed by atoms with Crippen molar-refractivity contribution < 1.29 is 9.47 Å². The fourth-order valence-corrected chi connectivity index (χ4v) is 3.16. The molecule has 18 heavy (non-hydrogen) atoms. The van der Waals surface area contributed by atoms with Crippen LogP contribution in [0.1, 0.15) is 46.5 Å². The van der Waals surface area contributed by atoms with E-state index in [1.165, 1.54) is 25.7 Å².